The zero-order valence-corrected chi connectivity index (χ0v) is 14.1. The van der Waals surface area contributed by atoms with Crippen molar-refractivity contribution in [1.82, 2.24) is 14.7 Å². The number of nitrogens with zero attached hydrogens (tertiary/aromatic N) is 3. The molecule has 2 aliphatic heterocycles. The lowest BCUT2D eigenvalue weighted by Gasteiger charge is -2.33. The van der Waals surface area contributed by atoms with Gasteiger partial charge in [0.05, 0.1) is 5.69 Å². The molecule has 3 aliphatic rings. The highest BCUT2D eigenvalue weighted by atomic mass is 16.5. The van der Waals surface area contributed by atoms with Crippen molar-refractivity contribution in [3.63, 3.8) is 0 Å². The second-order valence-corrected chi connectivity index (χ2v) is 7.26. The summed E-state index contributed by atoms with van der Waals surface area (Å²) in [5.74, 6) is 0.571. The van der Waals surface area contributed by atoms with Gasteiger partial charge in [0.2, 0.25) is 0 Å². The second kappa shape index (κ2) is 6.67. The molecule has 2 saturated heterocycles. The Bertz CT molecular complexity index is 671. The van der Waals surface area contributed by atoms with Crippen molar-refractivity contribution >= 4 is 5.91 Å². The highest BCUT2D eigenvalue weighted by Crippen LogP contribution is 2.23. The molecule has 1 aromatic rings. The van der Waals surface area contributed by atoms with E-state index in [4.69, 9.17) is 4.74 Å². The molecule has 0 bridgehead atoms. The van der Waals surface area contributed by atoms with Crippen LogP contribution in [0.4, 0.5) is 0 Å². The first-order valence-corrected chi connectivity index (χ1v) is 9.21. The molecule has 130 valence electrons. The molecule has 0 N–H and O–H groups in total. The monoisotopic (exact) mass is 331 g/mol. The Morgan fingerprint density at radius 3 is 2.79 bits per heavy atom. The van der Waals surface area contributed by atoms with Gasteiger partial charge in [-0.1, -0.05) is 0 Å². The van der Waals surface area contributed by atoms with Crippen LogP contribution >= 0.6 is 0 Å². The van der Waals surface area contributed by atoms with Gasteiger partial charge < -0.3 is 9.64 Å². The maximum atomic E-state index is 12.4. The molecule has 2 fully saturated rings. The van der Waals surface area contributed by atoms with Crippen LogP contribution in [0, 0.1) is 5.92 Å². The number of rotatable bonds is 3. The number of amides is 1. The van der Waals surface area contributed by atoms with Crippen LogP contribution in [-0.4, -0.2) is 46.4 Å². The van der Waals surface area contributed by atoms with Crippen molar-refractivity contribution in [2.45, 2.75) is 57.6 Å². The Labute approximate surface area is 141 Å². The van der Waals surface area contributed by atoms with Gasteiger partial charge in [-0.25, -0.2) is 4.68 Å². The molecule has 3 heterocycles. The van der Waals surface area contributed by atoms with E-state index in [1.807, 2.05) is 4.90 Å². The molecule has 1 atom stereocenters. The van der Waals surface area contributed by atoms with Crippen LogP contribution in [0.1, 0.15) is 43.4 Å². The summed E-state index contributed by atoms with van der Waals surface area (Å²) in [7, 11) is 0. The maximum Gasteiger partial charge on any atom is 0.267 e. The van der Waals surface area contributed by atoms with E-state index in [2.05, 4.69) is 5.10 Å². The lowest BCUT2D eigenvalue weighted by Crippen LogP contribution is -2.44. The van der Waals surface area contributed by atoms with Gasteiger partial charge in [-0.15, -0.1) is 0 Å². The number of likely N-dealkylation sites (tertiary alicyclic amines) is 1. The first kappa shape index (κ1) is 15.8. The molecule has 1 amide bonds. The van der Waals surface area contributed by atoms with Crippen LogP contribution in [0.5, 0.6) is 0 Å². The van der Waals surface area contributed by atoms with Crippen LogP contribution in [0.15, 0.2) is 10.9 Å². The van der Waals surface area contributed by atoms with Crippen molar-refractivity contribution in [3.05, 3.63) is 27.7 Å². The highest BCUT2D eigenvalue weighted by Gasteiger charge is 2.31. The highest BCUT2D eigenvalue weighted by molar-refractivity contribution is 5.81. The van der Waals surface area contributed by atoms with Gasteiger partial charge in [-0.3, -0.25) is 9.59 Å². The summed E-state index contributed by atoms with van der Waals surface area (Å²) in [4.78, 5) is 26.5. The summed E-state index contributed by atoms with van der Waals surface area (Å²) < 4.78 is 7.15. The second-order valence-electron chi connectivity index (χ2n) is 7.26. The quantitative estimate of drug-likeness (QED) is 0.833. The summed E-state index contributed by atoms with van der Waals surface area (Å²) in [6.45, 7) is 2.92. The van der Waals surface area contributed by atoms with Crippen LogP contribution in [0.25, 0.3) is 0 Å². The Morgan fingerprint density at radius 2 is 2.04 bits per heavy atom. The number of hydrogen-bond acceptors (Lipinski definition) is 4. The van der Waals surface area contributed by atoms with Gasteiger partial charge in [0.25, 0.3) is 11.5 Å². The lowest BCUT2D eigenvalue weighted by atomic mass is 9.96. The SMILES string of the molecule is O=C(C1CCCO1)N1CCC(Cn2nc3c(cc2=O)CCC3)CC1. The summed E-state index contributed by atoms with van der Waals surface area (Å²) in [6, 6.07) is 1.77. The van der Waals surface area contributed by atoms with Gasteiger partial charge in [0.1, 0.15) is 6.10 Å². The van der Waals surface area contributed by atoms with Crippen molar-refractivity contribution in [3.8, 4) is 0 Å². The van der Waals surface area contributed by atoms with E-state index >= 15 is 0 Å². The molecule has 0 spiro atoms. The topological polar surface area (TPSA) is 64.4 Å². The third-order valence-electron chi connectivity index (χ3n) is 5.59. The lowest BCUT2D eigenvalue weighted by molar-refractivity contribution is -0.142. The summed E-state index contributed by atoms with van der Waals surface area (Å²) in [5.41, 5.74) is 2.25. The fourth-order valence-electron chi connectivity index (χ4n) is 4.13. The number of hydrogen-bond donors (Lipinski definition) is 0. The summed E-state index contributed by atoms with van der Waals surface area (Å²) in [5, 5.41) is 4.57. The third kappa shape index (κ3) is 3.11. The van der Waals surface area contributed by atoms with E-state index in [1.54, 1.807) is 10.7 Å². The molecule has 0 radical (unpaired) electrons. The molecule has 24 heavy (non-hydrogen) atoms. The zero-order valence-electron chi connectivity index (χ0n) is 14.1. The normalized spacial score (nSPS) is 24.3. The van der Waals surface area contributed by atoms with E-state index in [0.29, 0.717) is 19.1 Å². The van der Waals surface area contributed by atoms with Gasteiger partial charge in [-0.2, -0.15) is 5.10 Å². The number of carbonyl (C=O) groups excluding carboxylic acids is 1. The summed E-state index contributed by atoms with van der Waals surface area (Å²) >= 11 is 0. The van der Waals surface area contributed by atoms with Crippen LogP contribution in [-0.2, 0) is 28.9 Å². The smallest absolute Gasteiger partial charge is 0.267 e. The number of ether oxygens (including phenoxy) is 1. The molecule has 4 rings (SSSR count). The Kier molecular flexibility index (Phi) is 4.39. The Morgan fingerprint density at radius 1 is 1.21 bits per heavy atom. The average molecular weight is 331 g/mol. The van der Waals surface area contributed by atoms with Gasteiger partial charge in [0, 0.05) is 32.3 Å². The maximum absolute atomic E-state index is 12.4. The minimum atomic E-state index is -0.220. The van der Waals surface area contributed by atoms with Crippen LogP contribution < -0.4 is 5.56 Å². The van der Waals surface area contributed by atoms with E-state index in [9.17, 15) is 9.59 Å². The molecule has 1 aliphatic carbocycles. The standard InChI is InChI=1S/C18H25N3O3/c22-17-11-14-3-1-4-15(14)19-21(17)12-13-6-8-20(9-7-13)18(23)16-5-2-10-24-16/h11,13,16H,1-10,12H2. The Hall–Kier alpha value is -1.69. The third-order valence-corrected chi connectivity index (χ3v) is 5.59. The van der Waals surface area contributed by atoms with Crippen LogP contribution in [0.3, 0.4) is 0 Å². The zero-order chi connectivity index (χ0) is 16.5. The van der Waals surface area contributed by atoms with E-state index in [-0.39, 0.29) is 17.6 Å². The molecular weight excluding hydrogens is 306 g/mol. The number of aryl methyl sites for hydroxylation is 2. The minimum absolute atomic E-state index is 0.0218. The molecule has 0 saturated carbocycles. The van der Waals surface area contributed by atoms with Gasteiger partial charge >= 0.3 is 0 Å². The first-order chi connectivity index (χ1) is 11.7. The molecule has 6 nitrogen and oxygen atoms in total. The molecule has 1 unspecified atom stereocenters. The van der Waals surface area contributed by atoms with Gasteiger partial charge in [0.15, 0.2) is 0 Å². The largest absolute Gasteiger partial charge is 0.368 e. The molecule has 0 aromatic carbocycles. The number of piperidine rings is 1. The van der Waals surface area contributed by atoms with Crippen molar-refractivity contribution < 1.29 is 9.53 Å². The predicted octanol–water partition coefficient (Wildman–Crippen LogP) is 1.15. The van der Waals surface area contributed by atoms with Crippen LogP contribution in [0.2, 0.25) is 0 Å². The van der Waals surface area contributed by atoms with Crippen molar-refractivity contribution in [1.29, 1.82) is 0 Å². The summed E-state index contributed by atoms with van der Waals surface area (Å²) in [6.07, 6.45) is 6.57. The fourth-order valence-corrected chi connectivity index (χ4v) is 4.13. The van der Waals surface area contributed by atoms with E-state index < -0.39 is 0 Å². The Balaban J connectivity index is 1.35. The van der Waals surface area contributed by atoms with Crippen molar-refractivity contribution in [2.75, 3.05) is 19.7 Å². The van der Waals surface area contributed by atoms with Gasteiger partial charge in [-0.05, 0) is 56.4 Å². The van der Waals surface area contributed by atoms with E-state index in [1.165, 1.54) is 0 Å². The first-order valence-electron chi connectivity index (χ1n) is 9.21. The minimum Gasteiger partial charge on any atom is -0.368 e. The number of aromatic nitrogens is 2. The molecular formula is C18H25N3O3. The fraction of sp³-hybridized carbons (Fsp3) is 0.722. The predicted molar refractivity (Wildman–Crippen MR) is 88.8 cm³/mol. The average Bonchev–Trinajstić information content (AvgIpc) is 3.26. The molecule has 1 aromatic heterocycles. The molecule has 6 heteroatoms. The van der Waals surface area contributed by atoms with E-state index in [0.717, 1.165) is 69.3 Å². The number of fused-ring (bicyclic) bond motifs is 1. The van der Waals surface area contributed by atoms with Crippen molar-refractivity contribution in [2.24, 2.45) is 5.92 Å². The number of carbonyl (C=O) groups is 1.